The summed E-state index contributed by atoms with van der Waals surface area (Å²) >= 11 is 0. The SMILES string of the molecule is CCC(O)(CC)Cn1nnc2c(cnn2-c2ccccc2)c1=O. The Kier molecular flexibility index (Phi) is 3.96. The Labute approximate surface area is 133 Å². The lowest BCUT2D eigenvalue weighted by Gasteiger charge is -2.24. The number of hydrogen-bond acceptors (Lipinski definition) is 5. The van der Waals surface area contributed by atoms with Gasteiger partial charge in [-0.05, 0) is 25.0 Å². The van der Waals surface area contributed by atoms with E-state index in [0.717, 1.165) is 5.69 Å². The van der Waals surface area contributed by atoms with Gasteiger partial charge in [-0.25, -0.2) is 9.36 Å². The molecule has 2 aromatic heterocycles. The fraction of sp³-hybridized carbons (Fsp3) is 0.375. The van der Waals surface area contributed by atoms with Crippen molar-refractivity contribution in [3.8, 4) is 5.69 Å². The summed E-state index contributed by atoms with van der Waals surface area (Å²) in [6, 6.07) is 9.45. The molecule has 7 nitrogen and oxygen atoms in total. The average molecular weight is 313 g/mol. The van der Waals surface area contributed by atoms with Crippen molar-refractivity contribution in [1.29, 1.82) is 0 Å². The molecule has 3 aromatic rings. The third kappa shape index (κ3) is 2.75. The molecule has 0 saturated heterocycles. The van der Waals surface area contributed by atoms with Crippen molar-refractivity contribution in [2.75, 3.05) is 0 Å². The zero-order valence-electron chi connectivity index (χ0n) is 13.2. The fourth-order valence-electron chi connectivity index (χ4n) is 2.48. The van der Waals surface area contributed by atoms with Crippen LogP contribution >= 0.6 is 0 Å². The van der Waals surface area contributed by atoms with Crippen LogP contribution in [0.3, 0.4) is 0 Å². The number of para-hydroxylation sites is 1. The van der Waals surface area contributed by atoms with Crippen LogP contribution in [0.4, 0.5) is 0 Å². The highest BCUT2D eigenvalue weighted by atomic mass is 16.3. The van der Waals surface area contributed by atoms with Crippen LogP contribution in [-0.2, 0) is 6.54 Å². The van der Waals surface area contributed by atoms with E-state index < -0.39 is 5.60 Å². The lowest BCUT2D eigenvalue weighted by atomic mass is 9.98. The van der Waals surface area contributed by atoms with Crippen molar-refractivity contribution in [2.24, 2.45) is 0 Å². The molecule has 1 aromatic carbocycles. The number of nitrogens with zero attached hydrogens (tertiary/aromatic N) is 5. The zero-order chi connectivity index (χ0) is 16.4. The molecule has 0 saturated carbocycles. The van der Waals surface area contributed by atoms with E-state index in [2.05, 4.69) is 15.4 Å². The summed E-state index contributed by atoms with van der Waals surface area (Å²) in [5.74, 6) is 0. The number of hydrogen-bond donors (Lipinski definition) is 1. The van der Waals surface area contributed by atoms with Crippen LogP contribution in [0.1, 0.15) is 26.7 Å². The molecular formula is C16H19N5O2. The maximum atomic E-state index is 12.6. The molecule has 0 fully saturated rings. The van der Waals surface area contributed by atoms with E-state index in [-0.39, 0.29) is 12.1 Å². The molecule has 0 amide bonds. The van der Waals surface area contributed by atoms with Gasteiger partial charge in [0.2, 0.25) is 0 Å². The van der Waals surface area contributed by atoms with Gasteiger partial charge in [-0.1, -0.05) is 37.3 Å². The van der Waals surface area contributed by atoms with E-state index in [4.69, 9.17) is 0 Å². The van der Waals surface area contributed by atoms with Crippen molar-refractivity contribution in [3.05, 3.63) is 46.9 Å². The summed E-state index contributed by atoms with van der Waals surface area (Å²) in [6.45, 7) is 3.89. The second kappa shape index (κ2) is 5.92. The van der Waals surface area contributed by atoms with Gasteiger partial charge in [0.1, 0.15) is 5.39 Å². The monoisotopic (exact) mass is 313 g/mol. The van der Waals surface area contributed by atoms with E-state index in [0.29, 0.717) is 23.9 Å². The summed E-state index contributed by atoms with van der Waals surface area (Å²) in [4.78, 5) is 12.6. The highest BCUT2D eigenvalue weighted by molar-refractivity contribution is 5.74. The first-order valence-electron chi connectivity index (χ1n) is 7.67. The molecule has 120 valence electrons. The van der Waals surface area contributed by atoms with E-state index in [9.17, 15) is 9.90 Å². The zero-order valence-corrected chi connectivity index (χ0v) is 13.2. The van der Waals surface area contributed by atoms with Gasteiger partial charge in [-0.2, -0.15) is 5.10 Å². The standard InChI is InChI=1S/C16H19N5O2/c1-3-16(23,4-2)11-20-15(22)13-10-17-21(14(13)18-19-20)12-8-6-5-7-9-12/h5-10,23H,3-4,11H2,1-2H3. The topological polar surface area (TPSA) is 85.8 Å². The van der Waals surface area contributed by atoms with Gasteiger partial charge >= 0.3 is 0 Å². The van der Waals surface area contributed by atoms with Crippen LogP contribution in [-0.4, -0.2) is 35.5 Å². The molecule has 0 unspecified atom stereocenters. The molecule has 7 heteroatoms. The van der Waals surface area contributed by atoms with Crippen LogP contribution < -0.4 is 5.56 Å². The second-order valence-corrected chi connectivity index (χ2v) is 5.61. The Morgan fingerprint density at radius 3 is 2.52 bits per heavy atom. The summed E-state index contributed by atoms with van der Waals surface area (Å²) < 4.78 is 2.80. The molecule has 2 heterocycles. The first-order valence-corrected chi connectivity index (χ1v) is 7.67. The molecule has 23 heavy (non-hydrogen) atoms. The van der Waals surface area contributed by atoms with Gasteiger partial charge in [0, 0.05) is 0 Å². The van der Waals surface area contributed by atoms with Crippen LogP contribution in [0.5, 0.6) is 0 Å². The van der Waals surface area contributed by atoms with Crippen molar-refractivity contribution in [1.82, 2.24) is 24.8 Å². The number of rotatable bonds is 5. The van der Waals surface area contributed by atoms with Crippen molar-refractivity contribution < 1.29 is 5.11 Å². The minimum absolute atomic E-state index is 0.123. The van der Waals surface area contributed by atoms with E-state index in [1.54, 1.807) is 4.68 Å². The van der Waals surface area contributed by atoms with Crippen molar-refractivity contribution in [3.63, 3.8) is 0 Å². The van der Waals surface area contributed by atoms with E-state index in [1.807, 2.05) is 44.2 Å². The number of aliphatic hydroxyl groups is 1. The minimum Gasteiger partial charge on any atom is -0.388 e. The maximum absolute atomic E-state index is 12.6. The molecule has 0 aliphatic rings. The molecule has 0 atom stereocenters. The molecule has 0 aliphatic heterocycles. The van der Waals surface area contributed by atoms with Gasteiger partial charge in [-0.15, -0.1) is 5.10 Å². The highest BCUT2D eigenvalue weighted by Crippen LogP contribution is 2.17. The molecule has 0 aliphatic carbocycles. The van der Waals surface area contributed by atoms with Crippen LogP contribution in [0.25, 0.3) is 16.7 Å². The predicted octanol–water partition coefficient (Wildman–Crippen LogP) is 1.53. The molecule has 3 rings (SSSR count). The second-order valence-electron chi connectivity index (χ2n) is 5.61. The average Bonchev–Trinajstić information content (AvgIpc) is 3.03. The van der Waals surface area contributed by atoms with Crippen molar-refractivity contribution >= 4 is 11.0 Å². The van der Waals surface area contributed by atoms with E-state index >= 15 is 0 Å². The van der Waals surface area contributed by atoms with Gasteiger partial charge in [0.25, 0.3) is 5.56 Å². The summed E-state index contributed by atoms with van der Waals surface area (Å²) in [5, 5.41) is 23.2. The molecule has 0 radical (unpaired) electrons. The van der Waals surface area contributed by atoms with Gasteiger partial charge < -0.3 is 5.11 Å². The number of fused-ring (bicyclic) bond motifs is 1. The lowest BCUT2D eigenvalue weighted by Crippen LogP contribution is -2.38. The van der Waals surface area contributed by atoms with Gasteiger partial charge in [-0.3, -0.25) is 4.79 Å². The Morgan fingerprint density at radius 2 is 1.87 bits per heavy atom. The third-order valence-electron chi connectivity index (χ3n) is 4.22. The number of aromatic nitrogens is 5. The third-order valence-corrected chi connectivity index (χ3v) is 4.22. The van der Waals surface area contributed by atoms with Crippen molar-refractivity contribution in [2.45, 2.75) is 38.8 Å². The first-order chi connectivity index (χ1) is 11.1. The fourth-order valence-corrected chi connectivity index (χ4v) is 2.48. The first kappa shape index (κ1) is 15.4. The smallest absolute Gasteiger partial charge is 0.280 e. The maximum Gasteiger partial charge on any atom is 0.280 e. The highest BCUT2D eigenvalue weighted by Gasteiger charge is 2.25. The Hall–Kier alpha value is -2.54. The predicted molar refractivity (Wildman–Crippen MR) is 86.5 cm³/mol. The normalized spacial score (nSPS) is 12.0. The van der Waals surface area contributed by atoms with Crippen LogP contribution in [0, 0.1) is 0 Å². The summed E-state index contributed by atoms with van der Waals surface area (Å²) in [6.07, 6.45) is 2.57. The largest absolute Gasteiger partial charge is 0.388 e. The van der Waals surface area contributed by atoms with E-state index in [1.165, 1.54) is 10.9 Å². The quantitative estimate of drug-likeness (QED) is 0.772. The minimum atomic E-state index is -0.957. The van der Waals surface area contributed by atoms with Gasteiger partial charge in [0.15, 0.2) is 5.65 Å². The Balaban J connectivity index is 2.07. The van der Waals surface area contributed by atoms with Crippen LogP contribution in [0.15, 0.2) is 41.3 Å². The Morgan fingerprint density at radius 1 is 1.17 bits per heavy atom. The van der Waals surface area contributed by atoms with Crippen LogP contribution in [0.2, 0.25) is 0 Å². The lowest BCUT2D eigenvalue weighted by molar-refractivity contribution is 0.00993. The molecule has 0 bridgehead atoms. The summed E-state index contributed by atoms with van der Waals surface area (Å²) in [7, 11) is 0. The number of benzene rings is 1. The van der Waals surface area contributed by atoms with Gasteiger partial charge in [0.05, 0.1) is 24.0 Å². The molecule has 1 N–H and O–H groups in total. The molecular weight excluding hydrogens is 294 g/mol. The summed E-state index contributed by atoms with van der Waals surface area (Å²) in [5.41, 5.74) is -0.0270. The molecule has 0 spiro atoms. The Bertz CT molecular complexity index is 865.